The zero-order valence-electron chi connectivity index (χ0n) is 22.1. The maximum Gasteiger partial charge on any atom is 0.586 e. The van der Waals surface area contributed by atoms with E-state index in [4.69, 9.17) is 9.47 Å². The highest BCUT2D eigenvalue weighted by Gasteiger charge is 2.50. The molecule has 3 atom stereocenters. The van der Waals surface area contributed by atoms with Crippen LogP contribution in [0, 0.1) is 11.8 Å². The van der Waals surface area contributed by atoms with Crippen LogP contribution in [-0.4, -0.2) is 42.4 Å². The number of carboxylic acid groups (broad SMARTS) is 1. The van der Waals surface area contributed by atoms with Crippen LogP contribution in [0.3, 0.4) is 0 Å². The number of aliphatic carboxylic acids is 1. The van der Waals surface area contributed by atoms with E-state index >= 15 is 0 Å². The SMILES string of the molecule is C[C@]1(C(=O)N[C@H]2C[C@@H](C3CCC(C(=O)O)CC3)Oc3cc(OC(F)(F)F)ccc32)COc2cc3c(cc21)OC(F)(F)O3. The number of alkyl halides is 5. The molecular formula is C28H26F5NO8. The van der Waals surface area contributed by atoms with E-state index in [2.05, 4.69) is 19.5 Å². The number of benzene rings is 2. The minimum Gasteiger partial charge on any atom is -0.492 e. The summed E-state index contributed by atoms with van der Waals surface area (Å²) in [4.78, 5) is 25.2. The molecule has 226 valence electrons. The van der Waals surface area contributed by atoms with Gasteiger partial charge in [-0.05, 0) is 56.7 Å². The Balaban J connectivity index is 1.27. The highest BCUT2D eigenvalue weighted by molar-refractivity contribution is 5.90. The van der Waals surface area contributed by atoms with Gasteiger partial charge in [-0.25, -0.2) is 0 Å². The molecule has 0 unspecified atom stereocenters. The van der Waals surface area contributed by atoms with Crippen molar-refractivity contribution in [3.63, 3.8) is 0 Å². The first-order valence-corrected chi connectivity index (χ1v) is 13.4. The number of hydrogen-bond donors (Lipinski definition) is 2. The van der Waals surface area contributed by atoms with Crippen molar-refractivity contribution in [1.29, 1.82) is 0 Å². The van der Waals surface area contributed by atoms with Gasteiger partial charge >= 0.3 is 18.6 Å². The van der Waals surface area contributed by atoms with Crippen molar-refractivity contribution in [2.75, 3.05) is 6.61 Å². The number of carbonyl (C=O) groups excluding carboxylic acids is 1. The Kier molecular flexibility index (Phi) is 6.57. The highest BCUT2D eigenvalue weighted by atomic mass is 19.4. The lowest BCUT2D eigenvalue weighted by atomic mass is 9.76. The highest BCUT2D eigenvalue weighted by Crippen LogP contribution is 2.50. The van der Waals surface area contributed by atoms with Crippen LogP contribution in [0.5, 0.6) is 28.7 Å². The summed E-state index contributed by atoms with van der Waals surface area (Å²) in [6.45, 7) is 1.48. The van der Waals surface area contributed by atoms with Crippen molar-refractivity contribution in [3.05, 3.63) is 41.5 Å². The lowest BCUT2D eigenvalue weighted by molar-refractivity contribution is -0.286. The third-order valence-electron chi connectivity index (χ3n) is 8.41. The van der Waals surface area contributed by atoms with Crippen LogP contribution in [0.15, 0.2) is 30.3 Å². The van der Waals surface area contributed by atoms with Gasteiger partial charge in [-0.15, -0.1) is 22.0 Å². The average molecular weight is 600 g/mol. The van der Waals surface area contributed by atoms with Gasteiger partial charge in [0.05, 0.1) is 12.0 Å². The smallest absolute Gasteiger partial charge is 0.492 e. The second-order valence-corrected chi connectivity index (χ2v) is 11.2. The van der Waals surface area contributed by atoms with E-state index in [0.29, 0.717) is 36.8 Å². The van der Waals surface area contributed by atoms with Crippen LogP contribution in [-0.2, 0) is 15.0 Å². The van der Waals surface area contributed by atoms with E-state index < -0.39 is 53.8 Å². The summed E-state index contributed by atoms with van der Waals surface area (Å²) in [5.74, 6) is -2.60. The number of carboxylic acids is 1. The van der Waals surface area contributed by atoms with E-state index in [1.54, 1.807) is 6.92 Å². The molecule has 1 fully saturated rings. The van der Waals surface area contributed by atoms with Crippen molar-refractivity contribution in [2.45, 2.75) is 69.2 Å². The molecule has 3 heterocycles. The number of hydrogen-bond acceptors (Lipinski definition) is 7. The summed E-state index contributed by atoms with van der Waals surface area (Å²) < 4.78 is 90.9. The van der Waals surface area contributed by atoms with Crippen molar-refractivity contribution >= 4 is 11.9 Å². The maximum absolute atomic E-state index is 13.8. The van der Waals surface area contributed by atoms with Gasteiger partial charge in [0, 0.05) is 29.7 Å². The van der Waals surface area contributed by atoms with Crippen LogP contribution in [0.1, 0.15) is 56.2 Å². The minimum atomic E-state index is -4.92. The first kappa shape index (κ1) is 28.2. The molecule has 0 bridgehead atoms. The molecule has 14 heteroatoms. The molecule has 0 spiro atoms. The Morgan fingerprint density at radius 3 is 2.36 bits per heavy atom. The summed E-state index contributed by atoms with van der Waals surface area (Å²) >= 11 is 0. The average Bonchev–Trinajstić information content (AvgIpc) is 3.40. The number of halogens is 5. The van der Waals surface area contributed by atoms with Crippen molar-refractivity contribution in [3.8, 4) is 28.7 Å². The second kappa shape index (κ2) is 9.80. The molecule has 2 aromatic rings. The minimum absolute atomic E-state index is 0.0899. The van der Waals surface area contributed by atoms with Crippen molar-refractivity contribution < 1.29 is 60.3 Å². The zero-order valence-corrected chi connectivity index (χ0v) is 22.1. The molecule has 3 aliphatic heterocycles. The zero-order chi connectivity index (χ0) is 30.0. The fraction of sp³-hybridized carbons (Fsp3) is 0.500. The number of nitrogens with one attached hydrogen (secondary N) is 1. The summed E-state index contributed by atoms with van der Waals surface area (Å²) in [5.41, 5.74) is -0.579. The third-order valence-corrected chi connectivity index (χ3v) is 8.41. The van der Waals surface area contributed by atoms with Gasteiger partial charge in [0.25, 0.3) is 0 Å². The van der Waals surface area contributed by atoms with Crippen LogP contribution < -0.4 is 29.0 Å². The monoisotopic (exact) mass is 599 g/mol. The first-order chi connectivity index (χ1) is 19.7. The molecule has 2 N–H and O–H groups in total. The topological polar surface area (TPSA) is 113 Å². The molecule has 0 radical (unpaired) electrons. The molecule has 1 saturated carbocycles. The third kappa shape index (κ3) is 5.22. The lowest BCUT2D eigenvalue weighted by Crippen LogP contribution is -2.47. The molecule has 9 nitrogen and oxygen atoms in total. The van der Waals surface area contributed by atoms with E-state index in [1.807, 2.05) is 0 Å². The quantitative estimate of drug-likeness (QED) is 0.436. The number of ether oxygens (including phenoxy) is 5. The fourth-order valence-corrected chi connectivity index (χ4v) is 6.17. The van der Waals surface area contributed by atoms with E-state index in [9.17, 15) is 36.6 Å². The van der Waals surface area contributed by atoms with Crippen LogP contribution in [0.4, 0.5) is 22.0 Å². The fourth-order valence-electron chi connectivity index (χ4n) is 6.17. The number of amides is 1. The Hall–Kier alpha value is -3.97. The van der Waals surface area contributed by atoms with Crippen molar-refractivity contribution in [1.82, 2.24) is 5.32 Å². The Labute approximate surface area is 235 Å². The Morgan fingerprint density at radius 1 is 1.00 bits per heavy atom. The summed E-state index contributed by atoms with van der Waals surface area (Å²) in [7, 11) is 0. The molecule has 0 saturated heterocycles. The second-order valence-electron chi connectivity index (χ2n) is 11.2. The number of carbonyl (C=O) groups is 2. The molecule has 2 aromatic carbocycles. The van der Waals surface area contributed by atoms with Crippen LogP contribution >= 0.6 is 0 Å². The van der Waals surface area contributed by atoms with Crippen LogP contribution in [0.25, 0.3) is 0 Å². The van der Waals surface area contributed by atoms with Gasteiger partial charge in [0.2, 0.25) is 5.91 Å². The molecule has 4 aliphatic rings. The largest absolute Gasteiger partial charge is 0.586 e. The molecular weight excluding hydrogens is 573 g/mol. The van der Waals surface area contributed by atoms with Gasteiger partial charge in [-0.1, -0.05) is 0 Å². The van der Waals surface area contributed by atoms with Crippen LogP contribution in [0.2, 0.25) is 0 Å². The first-order valence-electron chi connectivity index (χ1n) is 13.4. The van der Waals surface area contributed by atoms with Crippen molar-refractivity contribution in [2.24, 2.45) is 11.8 Å². The predicted octanol–water partition coefficient (Wildman–Crippen LogP) is 5.46. The molecule has 6 rings (SSSR count). The molecule has 1 aliphatic carbocycles. The number of rotatable bonds is 5. The van der Waals surface area contributed by atoms with Gasteiger partial charge in [-0.3, -0.25) is 9.59 Å². The summed E-state index contributed by atoms with van der Waals surface area (Å²) in [6, 6.07) is 5.46. The summed E-state index contributed by atoms with van der Waals surface area (Å²) in [6.07, 6.45) is -7.08. The lowest BCUT2D eigenvalue weighted by Gasteiger charge is -2.39. The Morgan fingerprint density at radius 2 is 1.69 bits per heavy atom. The van der Waals surface area contributed by atoms with E-state index in [1.165, 1.54) is 18.2 Å². The van der Waals surface area contributed by atoms with E-state index in [-0.39, 0.29) is 41.9 Å². The standard InChI is InChI=1S/C28H26F5NO8/c1-26(12-38-21-11-23-22(9-17(21)26)41-28(32,33)42-23)25(37)34-18-10-19(13-2-4-14(5-3-13)24(35)36)39-20-8-15(6-7-16(18)20)40-27(29,30)31/h6-9,11,13-14,18-19H,2-5,10,12H2,1H3,(H,34,37)(H,35,36)/t13?,14?,18-,19-,26-/m0/s1. The predicted molar refractivity (Wildman–Crippen MR) is 132 cm³/mol. The number of fused-ring (bicyclic) bond motifs is 3. The maximum atomic E-state index is 13.8. The van der Waals surface area contributed by atoms with Gasteiger partial charge in [-0.2, -0.15) is 0 Å². The van der Waals surface area contributed by atoms with Gasteiger partial charge < -0.3 is 34.1 Å². The Bertz CT molecular complexity index is 1420. The molecule has 0 aromatic heterocycles. The van der Waals surface area contributed by atoms with E-state index in [0.717, 1.165) is 12.1 Å². The molecule has 1 amide bonds. The summed E-state index contributed by atoms with van der Waals surface area (Å²) in [5, 5.41) is 12.3. The van der Waals surface area contributed by atoms with Gasteiger partial charge in [0.1, 0.15) is 35.4 Å². The molecule has 42 heavy (non-hydrogen) atoms. The van der Waals surface area contributed by atoms with Gasteiger partial charge in [0.15, 0.2) is 11.5 Å². The normalized spacial score (nSPS) is 29.0.